The minimum atomic E-state index is -1.36. The van der Waals surface area contributed by atoms with Crippen LogP contribution in [0.1, 0.15) is 180 Å². The van der Waals surface area contributed by atoms with E-state index in [2.05, 4.69) is 140 Å². The molecule has 0 radical (unpaired) electrons. The number of esters is 2. The van der Waals surface area contributed by atoms with Crippen LogP contribution in [-0.2, 0) is 42.2 Å². The van der Waals surface area contributed by atoms with Crippen molar-refractivity contribution < 1.29 is 48.3 Å². The molecule has 5 aromatic carbocycles. The van der Waals surface area contributed by atoms with Gasteiger partial charge < -0.3 is 38.7 Å². The Balaban J connectivity index is 0.886. The number of carbonyl (C=O) groups excluding carboxylic acids is 2. The average Bonchev–Trinajstić information content (AvgIpc) is 0.955. The molecule has 1 aromatic heterocycles. The first-order chi connectivity index (χ1) is 44.0. The van der Waals surface area contributed by atoms with Gasteiger partial charge >= 0.3 is 17.6 Å². The maximum atomic E-state index is 16.2. The fraction of sp³-hybridized carbons (Fsp3) is 0.405. The molecule has 0 unspecified atom stereocenters. The van der Waals surface area contributed by atoms with Crippen molar-refractivity contribution in [2.75, 3.05) is 26.9 Å². The molecule has 4 heterocycles. The topological polar surface area (TPSA) is 162 Å². The molecule has 6 bridgehead atoms. The van der Waals surface area contributed by atoms with E-state index in [1.165, 1.54) is 51.6 Å². The lowest BCUT2D eigenvalue weighted by atomic mass is 9.48. The zero-order valence-electron chi connectivity index (χ0n) is 51.3. The summed E-state index contributed by atoms with van der Waals surface area (Å²) in [7, 11) is 1.52. The molecule has 18 rings (SSSR count). The second-order valence-corrected chi connectivity index (χ2v) is 27.6. The third kappa shape index (κ3) is 8.83. The number of aliphatic hydroxyl groups is 3. The molecule has 3 saturated carbocycles. The van der Waals surface area contributed by atoms with Crippen LogP contribution >= 0.6 is 0 Å². The number of hydrogen-bond donors (Lipinski definition) is 3. The lowest BCUT2D eigenvalue weighted by Crippen LogP contribution is -2.62. The highest BCUT2D eigenvalue weighted by atomic mass is 16.6. The Hall–Kier alpha value is -7.67. The van der Waals surface area contributed by atoms with Crippen LogP contribution in [0.15, 0.2) is 154 Å². The second-order valence-electron chi connectivity index (χ2n) is 27.6. The molecule has 0 amide bonds. The zero-order chi connectivity index (χ0) is 61.2. The first-order valence-corrected chi connectivity index (χ1v) is 33.2. The number of rotatable bonds is 7. The van der Waals surface area contributed by atoms with Gasteiger partial charge in [0.25, 0.3) is 0 Å². The van der Waals surface area contributed by atoms with Gasteiger partial charge in [-0.25, -0.2) is 9.59 Å². The molecule has 9 aliphatic carbocycles. The largest absolute Gasteiger partial charge is 0.482 e. The molecule has 6 aromatic rings. The number of hydrogen-bond acceptors (Lipinski definition) is 11. The molecule has 3 N–H and O–H groups in total. The van der Waals surface area contributed by atoms with E-state index in [1.54, 1.807) is 13.0 Å². The molecule has 14 atom stereocenters. The third-order valence-electron chi connectivity index (χ3n) is 23.5. The van der Waals surface area contributed by atoms with Gasteiger partial charge in [0, 0.05) is 65.7 Å². The van der Waals surface area contributed by atoms with Gasteiger partial charge in [0.2, 0.25) is 0 Å². The van der Waals surface area contributed by atoms with Gasteiger partial charge in [-0.1, -0.05) is 146 Å². The average molecular weight is 1200 g/mol. The fourth-order valence-electron chi connectivity index (χ4n) is 19.7. The Morgan fingerprint density at radius 3 is 2.43 bits per heavy atom. The van der Waals surface area contributed by atoms with E-state index < -0.39 is 47.9 Å². The van der Waals surface area contributed by atoms with Gasteiger partial charge in [0.1, 0.15) is 11.3 Å². The molecule has 11 nitrogen and oxygen atoms in total. The highest BCUT2D eigenvalue weighted by molar-refractivity contribution is 5.91. The van der Waals surface area contributed by atoms with Crippen molar-refractivity contribution in [3.8, 4) is 5.75 Å². The van der Waals surface area contributed by atoms with Gasteiger partial charge in [0.15, 0.2) is 17.8 Å². The van der Waals surface area contributed by atoms with Crippen LogP contribution in [0, 0.1) is 35.5 Å². The van der Waals surface area contributed by atoms with Crippen LogP contribution in [0.5, 0.6) is 5.75 Å². The molecule has 2 spiro atoms. The number of aliphatic hydroxyl groups excluding tert-OH is 3. The Bertz CT molecular complexity index is 4190. The maximum absolute atomic E-state index is 16.2. The van der Waals surface area contributed by atoms with E-state index in [0.717, 1.165) is 55.2 Å². The Kier molecular flexibility index (Phi) is 14.4. The monoisotopic (exact) mass is 1200 g/mol. The molecule has 3 fully saturated rings. The summed E-state index contributed by atoms with van der Waals surface area (Å²) in [5.41, 5.74) is 12.8. The zero-order valence-corrected chi connectivity index (χ0v) is 51.3. The van der Waals surface area contributed by atoms with Gasteiger partial charge in [-0.3, -0.25) is 4.79 Å². The first kappa shape index (κ1) is 57.5. The van der Waals surface area contributed by atoms with Crippen LogP contribution in [0.4, 0.5) is 0 Å². The standard InChI is InChI=1S/C79H78O11/c1-44(41-81)55-27-19-45-20-28-57-48(36-45)21-22-50-38-54-13-7-12-53-26-23-47-11-4-6-17-65(47)79(53,54)66-18-8-15-59(70(50)66)49-25-29-58(57)52(37-49)39-69(83)87-74-72-68(32-31-62-64(42-82)71(77(85)88-73(62)72)51(33-35-80)43-86-2)90-78(75(74)89-76(55)84)34-9-16-61-60-30-24-46-10-3-5-14-56(46)63(60)40-67(61)78/h3-6,8,10-11,14-15,17-18,20-26,28-32,36,38,49,51-54,58,60-61,63,67,74-75,80-82H,7,9,12-13,16,19,27,33-35,37,39-43H2,1-2H3/b22-21+,55-44-/t49-,51-,52-,53-,54+,58+,60-,61+,63-,67-,74-,75+,78+,79+/m1/s1. The normalized spacial score (nSPS) is 31.8. The number of benzene rings is 5. The van der Waals surface area contributed by atoms with Crippen molar-refractivity contribution in [1.29, 1.82) is 0 Å². The Morgan fingerprint density at radius 1 is 0.756 bits per heavy atom. The number of carbonyl (C=O) groups is 2. The summed E-state index contributed by atoms with van der Waals surface area (Å²) in [6.07, 6.45) is 26.5. The number of allylic oxidation sites excluding steroid dienone is 7. The molecular formula is C79H78O11. The van der Waals surface area contributed by atoms with Crippen molar-refractivity contribution in [1.82, 2.24) is 0 Å². The first-order valence-electron chi connectivity index (χ1n) is 33.2. The lowest BCUT2D eigenvalue weighted by Gasteiger charge is -2.54. The van der Waals surface area contributed by atoms with Gasteiger partial charge in [-0.2, -0.15) is 0 Å². The summed E-state index contributed by atoms with van der Waals surface area (Å²) in [4.78, 5) is 46.9. The van der Waals surface area contributed by atoms with Crippen molar-refractivity contribution in [2.24, 2.45) is 35.5 Å². The van der Waals surface area contributed by atoms with Gasteiger partial charge in [-0.15, -0.1) is 0 Å². The predicted octanol–water partition coefficient (Wildman–Crippen LogP) is 14.2. The third-order valence-corrected chi connectivity index (χ3v) is 23.5. The van der Waals surface area contributed by atoms with E-state index in [0.29, 0.717) is 53.0 Å². The smallest absolute Gasteiger partial charge is 0.340 e. The number of aryl methyl sites for hydroxylation is 1. The van der Waals surface area contributed by atoms with E-state index in [9.17, 15) is 20.1 Å². The van der Waals surface area contributed by atoms with Crippen LogP contribution in [0.2, 0.25) is 0 Å². The van der Waals surface area contributed by atoms with Crippen molar-refractivity contribution in [2.45, 2.75) is 137 Å². The quantitative estimate of drug-likeness (QED) is 0.0604. The predicted molar refractivity (Wildman–Crippen MR) is 346 cm³/mol. The van der Waals surface area contributed by atoms with E-state index in [1.807, 2.05) is 6.07 Å². The molecular weight excluding hydrogens is 1120 g/mol. The molecule has 460 valence electrons. The second kappa shape index (κ2) is 22.6. The van der Waals surface area contributed by atoms with Crippen LogP contribution in [0.25, 0.3) is 34.8 Å². The van der Waals surface area contributed by atoms with Crippen molar-refractivity contribution in [3.63, 3.8) is 0 Å². The van der Waals surface area contributed by atoms with Crippen molar-refractivity contribution >= 4 is 46.7 Å². The maximum Gasteiger partial charge on any atom is 0.340 e. The summed E-state index contributed by atoms with van der Waals surface area (Å²) in [5, 5.41) is 33.1. The van der Waals surface area contributed by atoms with Crippen LogP contribution in [-0.4, -0.2) is 65.9 Å². The summed E-state index contributed by atoms with van der Waals surface area (Å²) >= 11 is 0. The summed E-state index contributed by atoms with van der Waals surface area (Å²) in [5.74, 6) is -1.03. The summed E-state index contributed by atoms with van der Waals surface area (Å²) in [6, 6.07) is 34.8. The molecule has 12 aliphatic rings. The Labute approximate surface area is 525 Å². The van der Waals surface area contributed by atoms with Crippen LogP contribution in [0.3, 0.4) is 0 Å². The fourth-order valence-corrected chi connectivity index (χ4v) is 19.7. The minimum Gasteiger partial charge on any atom is -0.482 e. The van der Waals surface area contributed by atoms with E-state index >= 15 is 9.59 Å². The van der Waals surface area contributed by atoms with Crippen molar-refractivity contribution in [3.05, 3.63) is 227 Å². The molecule has 11 heteroatoms. The lowest BCUT2D eigenvalue weighted by molar-refractivity contribution is -0.212. The number of ether oxygens (including phenoxy) is 4. The van der Waals surface area contributed by atoms with E-state index in [-0.39, 0.29) is 109 Å². The molecule has 0 saturated heterocycles. The molecule has 90 heavy (non-hydrogen) atoms. The summed E-state index contributed by atoms with van der Waals surface area (Å²) < 4.78 is 34.3. The highest BCUT2D eigenvalue weighted by Gasteiger charge is 2.65. The minimum absolute atomic E-state index is 0.00785. The highest BCUT2D eigenvalue weighted by Crippen LogP contribution is 2.65. The molecule has 3 aliphatic heterocycles. The van der Waals surface area contributed by atoms with Crippen LogP contribution < -0.4 is 10.4 Å². The van der Waals surface area contributed by atoms with Gasteiger partial charge in [0.05, 0.1) is 25.4 Å². The van der Waals surface area contributed by atoms with E-state index in [4.69, 9.17) is 23.4 Å². The number of fused-ring (bicyclic) bond motifs is 17. The van der Waals surface area contributed by atoms with Gasteiger partial charge in [-0.05, 0) is 191 Å². The number of methoxy groups -OCH3 is 1. The SMILES string of the molecule is COC[C@@H](CCO)c1c(CO)c2ccc3c(c2oc1=O)[C@H]1OC(=O)C[C@H]2C[C@H]4C=C[C@@H]2c2ccc(cc2/C=C/C2=C[C@@H]5CCC[C@@H]6C=Cc7ccccc7[C@@]56c5cccc4c52)CC/C(=C(\C)CO)C(=O)O[C@@H]1[C@@]1(CCC[C@H]2[C@H]4C=Cc5ccccc5[C@H]4C[C@H]21)O3. The Morgan fingerprint density at radius 2 is 1.58 bits per heavy atom. The summed E-state index contributed by atoms with van der Waals surface area (Å²) in [6.45, 7) is 0.695.